The molecule has 2 aromatic carbocycles. The van der Waals surface area contributed by atoms with Gasteiger partial charge in [-0.3, -0.25) is 9.59 Å². The molecular formula is C24H28N4O7. The Balaban J connectivity index is 1.86. The van der Waals surface area contributed by atoms with Gasteiger partial charge in [0.05, 0.1) is 6.54 Å². The van der Waals surface area contributed by atoms with Gasteiger partial charge in [0.1, 0.15) is 25.0 Å². The van der Waals surface area contributed by atoms with Crippen molar-refractivity contribution in [2.75, 3.05) is 12.3 Å². The molecule has 2 rings (SSSR count). The molecule has 11 nitrogen and oxygen atoms in total. The van der Waals surface area contributed by atoms with Crippen molar-refractivity contribution < 1.29 is 33.8 Å². The Morgan fingerprint density at radius 1 is 0.943 bits per heavy atom. The first-order valence-electron chi connectivity index (χ1n) is 10.8. The molecule has 0 aromatic heterocycles. The number of nitrogens with two attached hydrogens (primary N) is 1. The molecular weight excluding hydrogens is 456 g/mol. The smallest absolute Gasteiger partial charge is 0.408 e. The van der Waals surface area contributed by atoms with Crippen molar-refractivity contribution in [2.24, 2.45) is 0 Å². The summed E-state index contributed by atoms with van der Waals surface area (Å²) in [5.41, 5.74) is 7.54. The lowest BCUT2D eigenvalue weighted by Crippen LogP contribution is -2.51. The van der Waals surface area contributed by atoms with E-state index >= 15 is 0 Å². The van der Waals surface area contributed by atoms with Gasteiger partial charge >= 0.3 is 12.1 Å². The van der Waals surface area contributed by atoms with Crippen molar-refractivity contribution in [1.82, 2.24) is 16.0 Å². The topological polar surface area (TPSA) is 177 Å². The zero-order valence-electron chi connectivity index (χ0n) is 18.9. The van der Waals surface area contributed by atoms with E-state index in [0.717, 1.165) is 5.56 Å². The van der Waals surface area contributed by atoms with Gasteiger partial charge < -0.3 is 36.3 Å². The van der Waals surface area contributed by atoms with Gasteiger partial charge in [0, 0.05) is 18.5 Å². The molecule has 2 aromatic rings. The molecule has 0 fully saturated rings. The molecule has 0 saturated carbocycles. The van der Waals surface area contributed by atoms with Crippen LogP contribution in [-0.4, -0.2) is 53.9 Å². The number of nitrogens with one attached hydrogen (secondary N) is 3. The summed E-state index contributed by atoms with van der Waals surface area (Å²) in [6, 6.07) is 13.1. The Hall–Kier alpha value is -4.41. The fourth-order valence-corrected chi connectivity index (χ4v) is 3.04. The van der Waals surface area contributed by atoms with Crippen molar-refractivity contribution in [3.63, 3.8) is 0 Å². The van der Waals surface area contributed by atoms with E-state index in [1.54, 1.807) is 48.5 Å². The Kier molecular flexibility index (Phi) is 10.7. The summed E-state index contributed by atoms with van der Waals surface area (Å²) >= 11 is 0. The average molecular weight is 485 g/mol. The van der Waals surface area contributed by atoms with Crippen LogP contribution in [0.1, 0.15) is 24.0 Å². The van der Waals surface area contributed by atoms with Gasteiger partial charge in [0.15, 0.2) is 0 Å². The quantitative estimate of drug-likeness (QED) is 0.204. The standard InChI is InChI=1S/C24H28N4O7/c25-18-10-8-16(9-11-18)13-20(23(32)33)27-21(30)14-26-22(31)19(7-4-12-29)28-24(34)35-15-17-5-2-1-3-6-17/h1-3,5-6,8-12,19-20H,4,7,13-15,25H2,(H,26,31)(H,27,30)(H,28,34)(H,32,33). The van der Waals surface area contributed by atoms with Gasteiger partial charge in [0.25, 0.3) is 0 Å². The number of carboxylic acid groups (broad SMARTS) is 1. The largest absolute Gasteiger partial charge is 0.480 e. The monoisotopic (exact) mass is 484 g/mol. The van der Waals surface area contributed by atoms with Crippen molar-refractivity contribution in [2.45, 2.75) is 38.0 Å². The number of hydrogen-bond donors (Lipinski definition) is 5. The molecule has 11 heteroatoms. The van der Waals surface area contributed by atoms with Crippen LogP contribution in [0, 0.1) is 0 Å². The Morgan fingerprint density at radius 3 is 2.26 bits per heavy atom. The highest BCUT2D eigenvalue weighted by atomic mass is 16.5. The maximum absolute atomic E-state index is 12.5. The molecule has 0 aliphatic heterocycles. The van der Waals surface area contributed by atoms with Crippen LogP contribution < -0.4 is 21.7 Å². The van der Waals surface area contributed by atoms with Gasteiger partial charge in [-0.1, -0.05) is 42.5 Å². The van der Waals surface area contributed by atoms with E-state index in [1.807, 2.05) is 6.07 Å². The number of nitrogen functional groups attached to an aromatic ring is 1. The number of aldehydes is 1. The molecule has 0 saturated heterocycles. The van der Waals surface area contributed by atoms with Crippen molar-refractivity contribution in [1.29, 1.82) is 0 Å². The number of amides is 3. The Morgan fingerprint density at radius 2 is 1.63 bits per heavy atom. The molecule has 0 spiro atoms. The van der Waals surface area contributed by atoms with Gasteiger partial charge in [-0.2, -0.15) is 0 Å². The van der Waals surface area contributed by atoms with Crippen LogP contribution in [-0.2, 0) is 36.9 Å². The number of rotatable bonds is 13. The van der Waals surface area contributed by atoms with E-state index in [4.69, 9.17) is 10.5 Å². The summed E-state index contributed by atoms with van der Waals surface area (Å²) < 4.78 is 5.09. The van der Waals surface area contributed by atoms with E-state index in [1.165, 1.54) is 0 Å². The highest BCUT2D eigenvalue weighted by molar-refractivity contribution is 5.91. The summed E-state index contributed by atoms with van der Waals surface area (Å²) in [7, 11) is 0. The SMILES string of the molecule is Nc1ccc(CC(NC(=O)CNC(=O)C(CCC=O)NC(=O)OCc2ccccc2)C(=O)O)cc1. The van der Waals surface area contributed by atoms with Crippen molar-refractivity contribution in [3.8, 4) is 0 Å². The maximum Gasteiger partial charge on any atom is 0.408 e. The van der Waals surface area contributed by atoms with Crippen LogP contribution in [0.25, 0.3) is 0 Å². The molecule has 0 aliphatic carbocycles. The normalized spacial score (nSPS) is 12.0. The summed E-state index contributed by atoms with van der Waals surface area (Å²) in [5, 5.41) is 16.5. The number of carbonyl (C=O) groups excluding carboxylic acids is 4. The first-order chi connectivity index (χ1) is 16.8. The third kappa shape index (κ3) is 9.95. The highest BCUT2D eigenvalue weighted by Gasteiger charge is 2.24. The van der Waals surface area contributed by atoms with Crippen LogP contribution in [0.4, 0.5) is 10.5 Å². The minimum absolute atomic E-state index is 0.00766. The predicted octanol–water partition coefficient (Wildman–Crippen LogP) is 0.771. The molecule has 186 valence electrons. The van der Waals surface area contributed by atoms with Crippen LogP contribution in [0.2, 0.25) is 0 Å². The zero-order valence-corrected chi connectivity index (χ0v) is 18.9. The van der Waals surface area contributed by atoms with Gasteiger partial charge in [-0.05, 0) is 29.7 Å². The van der Waals surface area contributed by atoms with Crippen LogP contribution in [0.15, 0.2) is 54.6 Å². The number of aliphatic carboxylic acids is 1. The molecule has 0 bridgehead atoms. The molecule has 6 N–H and O–H groups in total. The Labute approximate surface area is 202 Å². The number of carbonyl (C=O) groups is 5. The number of carboxylic acids is 1. The second-order valence-electron chi connectivity index (χ2n) is 7.62. The molecule has 0 aliphatic rings. The predicted molar refractivity (Wildman–Crippen MR) is 126 cm³/mol. The first-order valence-corrected chi connectivity index (χ1v) is 10.8. The van der Waals surface area contributed by atoms with Crippen LogP contribution in [0.3, 0.4) is 0 Å². The maximum atomic E-state index is 12.5. The van der Waals surface area contributed by atoms with E-state index in [-0.39, 0.29) is 25.9 Å². The lowest BCUT2D eigenvalue weighted by atomic mass is 10.1. The lowest BCUT2D eigenvalue weighted by molar-refractivity contribution is -0.141. The first kappa shape index (κ1) is 26.8. The number of benzene rings is 2. The number of ether oxygens (including phenoxy) is 1. The summed E-state index contributed by atoms with van der Waals surface area (Å²) in [6.07, 6.45) is -0.262. The lowest BCUT2D eigenvalue weighted by Gasteiger charge is -2.18. The van der Waals surface area contributed by atoms with Crippen LogP contribution in [0.5, 0.6) is 0 Å². The zero-order chi connectivity index (χ0) is 25.6. The summed E-state index contributed by atoms with van der Waals surface area (Å²) in [6.45, 7) is -0.537. The minimum atomic E-state index is -1.24. The van der Waals surface area contributed by atoms with Crippen molar-refractivity contribution in [3.05, 3.63) is 65.7 Å². The fraction of sp³-hybridized carbons (Fsp3) is 0.292. The fourth-order valence-electron chi connectivity index (χ4n) is 3.04. The highest BCUT2D eigenvalue weighted by Crippen LogP contribution is 2.08. The van der Waals surface area contributed by atoms with E-state index < -0.39 is 42.5 Å². The van der Waals surface area contributed by atoms with Gasteiger partial charge in [-0.25, -0.2) is 9.59 Å². The summed E-state index contributed by atoms with van der Waals surface area (Å²) in [4.78, 5) is 59.1. The molecule has 2 atom stereocenters. The minimum Gasteiger partial charge on any atom is -0.480 e. The van der Waals surface area contributed by atoms with Crippen molar-refractivity contribution >= 4 is 35.9 Å². The van der Waals surface area contributed by atoms with E-state index in [0.29, 0.717) is 17.5 Å². The number of alkyl carbamates (subject to hydrolysis) is 1. The third-order valence-corrected chi connectivity index (χ3v) is 4.87. The van der Waals surface area contributed by atoms with E-state index in [9.17, 15) is 29.1 Å². The molecule has 35 heavy (non-hydrogen) atoms. The second kappa shape index (κ2) is 14.0. The Bertz CT molecular complexity index is 1010. The van der Waals surface area contributed by atoms with E-state index in [2.05, 4.69) is 16.0 Å². The molecule has 0 heterocycles. The van der Waals surface area contributed by atoms with Gasteiger partial charge in [0.2, 0.25) is 11.8 Å². The van der Waals surface area contributed by atoms with Crippen LogP contribution >= 0.6 is 0 Å². The molecule has 2 unspecified atom stereocenters. The summed E-state index contributed by atoms with van der Waals surface area (Å²) in [5.74, 6) is -2.70. The molecule has 3 amide bonds. The average Bonchev–Trinajstić information content (AvgIpc) is 2.85. The number of anilines is 1. The van der Waals surface area contributed by atoms with Gasteiger partial charge in [-0.15, -0.1) is 0 Å². The third-order valence-electron chi connectivity index (χ3n) is 4.87. The second-order valence-corrected chi connectivity index (χ2v) is 7.62. The molecule has 0 radical (unpaired) electrons. The number of hydrogen-bond acceptors (Lipinski definition) is 7.